The third-order valence-electron chi connectivity index (χ3n) is 5.93. The molecule has 0 radical (unpaired) electrons. The average molecular weight is 490 g/mol. The van der Waals surface area contributed by atoms with Crippen LogP contribution in [0.4, 0.5) is 0 Å². The quantitative estimate of drug-likeness (QED) is 0.349. The van der Waals surface area contributed by atoms with Gasteiger partial charge in [-0.1, -0.05) is 42.5 Å². The van der Waals surface area contributed by atoms with E-state index in [-0.39, 0.29) is 12.5 Å². The third-order valence-corrected chi connectivity index (χ3v) is 6.87. The monoisotopic (exact) mass is 489 g/mol. The summed E-state index contributed by atoms with van der Waals surface area (Å²) in [6.45, 7) is 3.92. The van der Waals surface area contributed by atoms with Crippen LogP contribution >= 0.6 is 11.3 Å². The van der Waals surface area contributed by atoms with Crippen molar-refractivity contribution < 1.29 is 18.7 Å². The van der Waals surface area contributed by atoms with Gasteiger partial charge in [0.25, 0.3) is 5.91 Å². The molecule has 1 amide bonds. The molecule has 0 N–H and O–H groups in total. The lowest BCUT2D eigenvalue weighted by Crippen LogP contribution is -2.48. The van der Waals surface area contributed by atoms with Crippen molar-refractivity contribution in [1.29, 1.82) is 0 Å². The number of carbonyl (C=O) groups excluding carboxylic acids is 1. The minimum atomic E-state index is -0.0896. The number of benzene rings is 2. The third kappa shape index (κ3) is 5.55. The van der Waals surface area contributed by atoms with Crippen LogP contribution in [0.15, 0.2) is 76.5 Å². The maximum atomic E-state index is 13.0. The molecule has 180 valence electrons. The number of ether oxygens (including phenoxy) is 2. The highest BCUT2D eigenvalue weighted by Gasteiger charge is 2.25. The van der Waals surface area contributed by atoms with Gasteiger partial charge in [0.05, 0.1) is 12.8 Å². The van der Waals surface area contributed by atoms with Crippen LogP contribution in [0.5, 0.6) is 11.5 Å². The van der Waals surface area contributed by atoms with E-state index in [9.17, 15) is 4.79 Å². The van der Waals surface area contributed by atoms with Crippen molar-refractivity contribution in [3.05, 3.63) is 89.3 Å². The molecule has 0 unspecified atom stereocenters. The highest BCUT2D eigenvalue weighted by atomic mass is 32.1. The molecule has 0 atom stereocenters. The molecular weight excluding hydrogens is 462 g/mol. The minimum Gasteiger partial charge on any atom is -0.493 e. The number of furan rings is 1. The molecule has 35 heavy (non-hydrogen) atoms. The van der Waals surface area contributed by atoms with E-state index >= 15 is 0 Å². The van der Waals surface area contributed by atoms with Gasteiger partial charge in [0, 0.05) is 43.7 Å². The number of carbonyl (C=O) groups is 1. The van der Waals surface area contributed by atoms with Crippen LogP contribution in [0.25, 0.3) is 10.6 Å². The Bertz CT molecular complexity index is 1260. The zero-order valence-corrected chi connectivity index (χ0v) is 20.4. The van der Waals surface area contributed by atoms with Gasteiger partial charge in [0.15, 0.2) is 17.3 Å². The maximum absolute atomic E-state index is 13.0. The van der Waals surface area contributed by atoms with Gasteiger partial charge < -0.3 is 18.8 Å². The molecule has 0 saturated carbocycles. The van der Waals surface area contributed by atoms with Crippen LogP contribution in [0.1, 0.15) is 22.0 Å². The van der Waals surface area contributed by atoms with Gasteiger partial charge in [0.1, 0.15) is 17.4 Å². The first-order valence-corrected chi connectivity index (χ1v) is 12.4. The molecule has 2 aromatic carbocycles. The first-order chi connectivity index (χ1) is 17.2. The molecule has 8 heteroatoms. The standard InChI is InChI=1S/C27H27N3O4S/c1-32-23-9-5-6-10-24(23)33-18-22-11-12-25(34-22)27(31)30-15-13-29(14-16-30)17-21-19-35-26(28-21)20-7-3-2-4-8-20/h2-12,19H,13-18H2,1H3. The Morgan fingerprint density at radius 1 is 0.971 bits per heavy atom. The second-order valence-corrected chi connectivity index (χ2v) is 9.14. The van der Waals surface area contributed by atoms with E-state index in [0.29, 0.717) is 36.1 Å². The van der Waals surface area contributed by atoms with E-state index in [4.69, 9.17) is 18.9 Å². The highest BCUT2D eigenvalue weighted by molar-refractivity contribution is 7.13. The Balaban J connectivity index is 1.12. The molecule has 0 spiro atoms. The molecule has 7 nitrogen and oxygen atoms in total. The molecule has 1 aliphatic rings. The summed E-state index contributed by atoms with van der Waals surface area (Å²) in [7, 11) is 1.60. The summed E-state index contributed by atoms with van der Waals surface area (Å²) in [4.78, 5) is 21.9. The van der Waals surface area contributed by atoms with E-state index < -0.39 is 0 Å². The fraction of sp³-hybridized carbons (Fsp3) is 0.259. The SMILES string of the molecule is COc1ccccc1OCc1ccc(C(=O)N2CCN(Cc3csc(-c4ccccc4)n3)CC2)o1. The molecular formula is C27H27N3O4S. The van der Waals surface area contributed by atoms with Gasteiger partial charge in [-0.15, -0.1) is 11.3 Å². The Morgan fingerprint density at radius 3 is 2.49 bits per heavy atom. The fourth-order valence-electron chi connectivity index (χ4n) is 4.04. The Labute approximate surface area is 208 Å². The second-order valence-electron chi connectivity index (χ2n) is 8.28. The predicted molar refractivity (Wildman–Crippen MR) is 135 cm³/mol. The lowest BCUT2D eigenvalue weighted by molar-refractivity contribution is 0.0593. The van der Waals surface area contributed by atoms with Crippen LogP contribution < -0.4 is 9.47 Å². The van der Waals surface area contributed by atoms with Gasteiger partial charge in [-0.2, -0.15) is 0 Å². The number of para-hydroxylation sites is 2. The number of thiazole rings is 1. The number of nitrogens with zero attached hydrogens (tertiary/aromatic N) is 3. The van der Waals surface area contributed by atoms with Crippen molar-refractivity contribution in [1.82, 2.24) is 14.8 Å². The van der Waals surface area contributed by atoms with E-state index in [1.807, 2.05) is 47.4 Å². The van der Waals surface area contributed by atoms with Crippen molar-refractivity contribution in [3.8, 4) is 22.1 Å². The summed E-state index contributed by atoms with van der Waals surface area (Å²) in [5.41, 5.74) is 2.21. The largest absolute Gasteiger partial charge is 0.493 e. The minimum absolute atomic E-state index is 0.0896. The molecule has 0 bridgehead atoms. The molecule has 0 aliphatic carbocycles. The van der Waals surface area contributed by atoms with Crippen molar-refractivity contribution in [2.45, 2.75) is 13.2 Å². The molecule has 4 aromatic rings. The van der Waals surface area contributed by atoms with Gasteiger partial charge in [-0.25, -0.2) is 4.98 Å². The lowest BCUT2D eigenvalue weighted by Gasteiger charge is -2.33. The summed E-state index contributed by atoms with van der Waals surface area (Å²) in [5.74, 6) is 2.13. The Morgan fingerprint density at radius 2 is 1.71 bits per heavy atom. The zero-order chi connectivity index (χ0) is 24.0. The Hall–Kier alpha value is -3.62. The van der Waals surface area contributed by atoms with Crippen molar-refractivity contribution in [3.63, 3.8) is 0 Å². The summed E-state index contributed by atoms with van der Waals surface area (Å²) >= 11 is 1.67. The normalized spacial score (nSPS) is 14.1. The van der Waals surface area contributed by atoms with Crippen LogP contribution in [0, 0.1) is 0 Å². The molecule has 5 rings (SSSR count). The van der Waals surface area contributed by atoms with E-state index in [1.165, 1.54) is 0 Å². The second kappa shape index (κ2) is 10.8. The molecule has 1 aliphatic heterocycles. The van der Waals surface area contributed by atoms with Gasteiger partial charge in [-0.05, 0) is 24.3 Å². The van der Waals surface area contributed by atoms with Gasteiger partial charge in [-0.3, -0.25) is 9.69 Å². The van der Waals surface area contributed by atoms with Crippen molar-refractivity contribution >= 4 is 17.2 Å². The smallest absolute Gasteiger partial charge is 0.289 e. The summed E-state index contributed by atoms with van der Waals surface area (Å²) in [6, 6.07) is 21.2. The van der Waals surface area contributed by atoms with E-state index in [0.717, 1.165) is 35.9 Å². The van der Waals surface area contributed by atoms with Gasteiger partial charge >= 0.3 is 0 Å². The summed E-state index contributed by atoms with van der Waals surface area (Å²) < 4.78 is 16.9. The number of methoxy groups -OCH3 is 1. The maximum Gasteiger partial charge on any atom is 0.289 e. The average Bonchev–Trinajstić information content (AvgIpc) is 3.58. The van der Waals surface area contributed by atoms with Crippen LogP contribution in [0.2, 0.25) is 0 Å². The Kier molecular flexibility index (Phi) is 7.11. The number of aromatic nitrogens is 1. The first kappa shape index (κ1) is 23.1. The van der Waals surface area contributed by atoms with E-state index in [2.05, 4.69) is 22.4 Å². The van der Waals surface area contributed by atoms with Crippen molar-refractivity contribution in [2.75, 3.05) is 33.3 Å². The van der Waals surface area contributed by atoms with Crippen LogP contribution in [-0.4, -0.2) is 54.0 Å². The number of hydrogen-bond acceptors (Lipinski definition) is 7. The number of hydrogen-bond donors (Lipinski definition) is 0. The van der Waals surface area contributed by atoms with Gasteiger partial charge in [0.2, 0.25) is 0 Å². The first-order valence-electron chi connectivity index (χ1n) is 11.6. The van der Waals surface area contributed by atoms with E-state index in [1.54, 1.807) is 30.6 Å². The number of amides is 1. The predicted octanol–water partition coefficient (Wildman–Crippen LogP) is 4.95. The number of rotatable bonds is 8. The molecule has 1 saturated heterocycles. The molecule has 1 fully saturated rings. The van der Waals surface area contributed by atoms with Crippen LogP contribution in [0.3, 0.4) is 0 Å². The number of piperazine rings is 1. The summed E-state index contributed by atoms with van der Waals surface area (Å²) in [5, 5.41) is 3.16. The lowest BCUT2D eigenvalue weighted by atomic mass is 10.2. The fourth-order valence-corrected chi connectivity index (χ4v) is 4.86. The van der Waals surface area contributed by atoms with Crippen molar-refractivity contribution in [2.24, 2.45) is 0 Å². The summed E-state index contributed by atoms with van der Waals surface area (Å²) in [6.07, 6.45) is 0. The van der Waals surface area contributed by atoms with Crippen LogP contribution in [-0.2, 0) is 13.2 Å². The molecule has 3 heterocycles. The zero-order valence-electron chi connectivity index (χ0n) is 19.6. The topological polar surface area (TPSA) is 68.0 Å². The highest BCUT2D eigenvalue weighted by Crippen LogP contribution is 2.27. The molecule has 2 aromatic heterocycles.